The van der Waals surface area contributed by atoms with Crippen molar-refractivity contribution < 1.29 is 28.3 Å². The van der Waals surface area contributed by atoms with Gasteiger partial charge in [0.2, 0.25) is 0 Å². The third-order valence-corrected chi connectivity index (χ3v) is 9.42. The summed E-state index contributed by atoms with van der Waals surface area (Å²) in [6.07, 6.45) is 8.58. The number of rotatable bonds is 19. The number of piperidine rings is 1. The number of carbonyl (C=O) groups excluding carboxylic acids is 1. The molecular weight excluding hydrogens is 596 g/mol. The van der Waals surface area contributed by atoms with E-state index in [4.69, 9.17) is 4.74 Å². The smallest absolute Gasteiger partial charge is 0.305 e. The fourth-order valence-electron chi connectivity index (χ4n) is 6.90. The molecule has 3 aromatic rings. The van der Waals surface area contributed by atoms with E-state index in [9.17, 15) is 25.0 Å². The van der Waals surface area contributed by atoms with Gasteiger partial charge in [0, 0.05) is 47.4 Å². The zero-order valence-corrected chi connectivity index (χ0v) is 27.8. The Morgan fingerprint density at radius 3 is 1.89 bits per heavy atom. The van der Waals surface area contributed by atoms with Crippen LogP contribution in [0.25, 0.3) is 0 Å². The maximum Gasteiger partial charge on any atom is 0.305 e. The van der Waals surface area contributed by atoms with E-state index in [0.29, 0.717) is 13.0 Å². The first-order valence-corrected chi connectivity index (χ1v) is 17.0. The Kier molecular flexibility index (Phi) is 13.4. The van der Waals surface area contributed by atoms with Crippen LogP contribution in [-0.2, 0) is 29.2 Å². The van der Waals surface area contributed by atoms with Crippen molar-refractivity contribution in [1.29, 1.82) is 0 Å². The van der Waals surface area contributed by atoms with Crippen LogP contribution in [0.5, 0.6) is 0 Å². The third kappa shape index (κ3) is 11.9. The van der Waals surface area contributed by atoms with Gasteiger partial charge in [-0.05, 0) is 75.6 Å². The molecule has 252 valence electrons. The van der Waals surface area contributed by atoms with Crippen molar-refractivity contribution in [3.05, 3.63) is 116 Å². The lowest BCUT2D eigenvalue weighted by molar-refractivity contribution is -0.945. The summed E-state index contributed by atoms with van der Waals surface area (Å²) in [5, 5.41) is 22.1. The highest BCUT2D eigenvalue weighted by atomic mass is 16.6. The summed E-state index contributed by atoms with van der Waals surface area (Å²) in [6.45, 7) is 7.11. The molecule has 3 aromatic carbocycles. The van der Waals surface area contributed by atoms with Crippen molar-refractivity contribution in [3.63, 3.8) is 0 Å². The van der Waals surface area contributed by atoms with Crippen LogP contribution >= 0.6 is 0 Å². The summed E-state index contributed by atoms with van der Waals surface area (Å²) in [4.78, 5) is 33.9. The van der Waals surface area contributed by atoms with Gasteiger partial charge in [0.15, 0.2) is 0 Å². The molecule has 1 aliphatic heterocycles. The quantitative estimate of drug-likeness (QED) is 0.0433. The van der Waals surface area contributed by atoms with Crippen molar-refractivity contribution in [1.82, 2.24) is 0 Å². The van der Waals surface area contributed by atoms with Crippen molar-refractivity contribution in [2.75, 3.05) is 39.8 Å². The highest BCUT2D eigenvalue weighted by molar-refractivity contribution is 5.69. The lowest BCUT2D eigenvalue weighted by Crippen LogP contribution is -2.51. The summed E-state index contributed by atoms with van der Waals surface area (Å²) < 4.78 is 7.35. The third-order valence-electron chi connectivity index (χ3n) is 9.42. The van der Waals surface area contributed by atoms with E-state index < -0.39 is 0 Å². The average Bonchev–Trinajstić information content (AvgIpc) is 3.06. The lowest BCUT2D eigenvalue weighted by atomic mass is 10.0. The Morgan fingerprint density at radius 2 is 1.30 bits per heavy atom. The van der Waals surface area contributed by atoms with Crippen LogP contribution in [0.4, 0.5) is 11.4 Å². The Hall–Kier alpha value is -4.15. The Labute approximate surface area is 278 Å². The molecule has 0 bridgehead atoms. The number of ether oxygens (including phenoxy) is 1. The monoisotopic (exact) mass is 646 g/mol. The second kappa shape index (κ2) is 17.7. The van der Waals surface area contributed by atoms with Gasteiger partial charge in [-0.25, -0.2) is 0 Å². The number of esters is 1. The maximum atomic E-state index is 12.5. The van der Waals surface area contributed by atoms with E-state index in [1.807, 2.05) is 30.3 Å². The molecule has 1 saturated heterocycles. The van der Waals surface area contributed by atoms with Gasteiger partial charge in [-0.2, -0.15) is 0 Å². The summed E-state index contributed by atoms with van der Waals surface area (Å²) in [6, 6.07) is 24.2. The molecule has 1 fully saturated rings. The molecule has 1 atom stereocenters. The number of likely N-dealkylation sites (tertiary alicyclic amines) is 1. The predicted octanol–water partition coefficient (Wildman–Crippen LogP) is 7.73. The minimum absolute atomic E-state index is 0.104. The van der Waals surface area contributed by atoms with Gasteiger partial charge < -0.3 is 13.7 Å². The second-order valence-corrected chi connectivity index (χ2v) is 13.5. The average molecular weight is 647 g/mol. The van der Waals surface area contributed by atoms with Crippen LogP contribution in [0.2, 0.25) is 0 Å². The van der Waals surface area contributed by atoms with Crippen LogP contribution in [0.15, 0.2) is 78.9 Å². The number of quaternary nitrogens is 2. The van der Waals surface area contributed by atoms with Crippen LogP contribution in [0, 0.1) is 20.2 Å². The molecule has 1 unspecified atom stereocenters. The Morgan fingerprint density at radius 1 is 0.723 bits per heavy atom. The van der Waals surface area contributed by atoms with Crippen molar-refractivity contribution in [2.24, 2.45) is 0 Å². The van der Waals surface area contributed by atoms with Gasteiger partial charge in [0.05, 0.1) is 49.7 Å². The summed E-state index contributed by atoms with van der Waals surface area (Å²) in [5.41, 5.74) is 3.68. The van der Waals surface area contributed by atoms with E-state index >= 15 is 0 Å². The van der Waals surface area contributed by atoms with Gasteiger partial charge in [0.1, 0.15) is 19.6 Å². The number of nitro benzene ring substituents is 2. The molecule has 0 spiro atoms. The number of unbranched alkanes of at least 4 members (excludes halogenated alkanes) is 3. The maximum absolute atomic E-state index is 12.5. The Balaban J connectivity index is 1.16. The topological polar surface area (TPSA) is 113 Å². The van der Waals surface area contributed by atoms with E-state index in [1.165, 1.54) is 24.8 Å². The van der Waals surface area contributed by atoms with Crippen molar-refractivity contribution >= 4 is 17.3 Å². The molecule has 10 heteroatoms. The molecule has 1 heterocycles. The van der Waals surface area contributed by atoms with Gasteiger partial charge in [-0.15, -0.1) is 0 Å². The molecule has 47 heavy (non-hydrogen) atoms. The lowest BCUT2D eigenvalue weighted by Gasteiger charge is -2.42. The van der Waals surface area contributed by atoms with E-state index in [0.717, 1.165) is 98.0 Å². The highest BCUT2D eigenvalue weighted by Gasteiger charge is 2.30. The molecule has 0 radical (unpaired) electrons. The molecule has 10 nitrogen and oxygen atoms in total. The molecular formula is C37H50N4O6+2. The van der Waals surface area contributed by atoms with Crippen LogP contribution in [0.3, 0.4) is 0 Å². The number of hydrogen-bond donors (Lipinski definition) is 0. The van der Waals surface area contributed by atoms with E-state index in [-0.39, 0.29) is 27.2 Å². The van der Waals surface area contributed by atoms with Crippen LogP contribution in [-0.4, -0.2) is 64.6 Å². The van der Waals surface area contributed by atoms with Gasteiger partial charge in [0.25, 0.3) is 11.4 Å². The highest BCUT2D eigenvalue weighted by Crippen LogP contribution is 2.26. The van der Waals surface area contributed by atoms with E-state index in [2.05, 4.69) is 31.3 Å². The van der Waals surface area contributed by atoms with Crippen molar-refractivity contribution in [2.45, 2.75) is 77.4 Å². The van der Waals surface area contributed by atoms with Crippen LogP contribution in [0.1, 0.15) is 74.5 Å². The first-order valence-electron chi connectivity index (χ1n) is 17.0. The minimum atomic E-state index is -0.368. The summed E-state index contributed by atoms with van der Waals surface area (Å²) in [5.74, 6) is -0.131. The second-order valence-electron chi connectivity index (χ2n) is 13.5. The van der Waals surface area contributed by atoms with Gasteiger partial charge >= 0.3 is 5.97 Å². The first kappa shape index (κ1) is 35.7. The molecule has 0 N–H and O–H groups in total. The number of non-ortho nitro benzene ring substituents is 2. The molecule has 0 saturated carbocycles. The van der Waals surface area contributed by atoms with E-state index in [1.54, 1.807) is 24.3 Å². The predicted molar refractivity (Wildman–Crippen MR) is 182 cm³/mol. The zero-order valence-electron chi connectivity index (χ0n) is 27.8. The molecule has 0 aromatic heterocycles. The number of nitro groups is 2. The number of nitrogens with zero attached hydrogens (tertiary/aromatic N) is 4. The largest absolute Gasteiger partial charge is 0.466 e. The number of benzene rings is 3. The summed E-state index contributed by atoms with van der Waals surface area (Å²) in [7, 11) is 2.23. The minimum Gasteiger partial charge on any atom is -0.466 e. The normalized spacial score (nSPS) is 15.4. The first-order chi connectivity index (χ1) is 22.7. The van der Waals surface area contributed by atoms with Crippen LogP contribution < -0.4 is 0 Å². The number of carbonyl (C=O) groups is 1. The van der Waals surface area contributed by atoms with Gasteiger partial charge in [-0.1, -0.05) is 30.3 Å². The zero-order chi connectivity index (χ0) is 33.5. The Bertz CT molecular complexity index is 1430. The summed E-state index contributed by atoms with van der Waals surface area (Å²) >= 11 is 0. The fourth-order valence-corrected chi connectivity index (χ4v) is 6.90. The molecule has 0 amide bonds. The SMILES string of the molecule is C[N+](CCCCCOC(=O)CCCC[N+]1(Cc2ccc([N+](=O)[O-])cc2)CCCCC1)(Cc1ccccc1)Cc1ccc([N+](=O)[O-])cc1. The standard InChI is InChI=1S/C37H50N4O6/c1-40(29-32-13-5-2-6-14-32,30-33-16-20-35(21-17-33)38(43)44)24-8-4-12-28-47-37(42)15-7-11-27-41(25-9-3-10-26-41)31-34-18-22-36(23-19-34)39(45)46/h2,5-6,13-14,16-23H,3-4,7-12,15,24-31H2,1H3/q+2. The molecule has 1 aliphatic rings. The van der Waals surface area contributed by atoms with Crippen molar-refractivity contribution in [3.8, 4) is 0 Å². The molecule has 0 aliphatic carbocycles. The fraction of sp³-hybridized carbons (Fsp3) is 0.486. The van der Waals surface area contributed by atoms with Gasteiger partial charge in [-0.3, -0.25) is 25.0 Å². The molecule has 4 rings (SSSR count). The number of hydrogen-bond acceptors (Lipinski definition) is 6.